The lowest BCUT2D eigenvalue weighted by Crippen LogP contribution is -2.26. The second-order valence-corrected chi connectivity index (χ2v) is 5.57. The van der Waals surface area contributed by atoms with Gasteiger partial charge in [0.1, 0.15) is 0 Å². The molecule has 0 bridgehead atoms. The first kappa shape index (κ1) is 15.0. The van der Waals surface area contributed by atoms with Crippen molar-refractivity contribution in [2.75, 3.05) is 0 Å². The quantitative estimate of drug-likeness (QED) is 0.697. The molecular formula is C18H15NO4. The third-order valence-corrected chi connectivity index (χ3v) is 3.59. The van der Waals surface area contributed by atoms with E-state index < -0.39 is 5.76 Å². The number of nitrogens with zero attached hydrogens (tertiary/aromatic N) is 1. The van der Waals surface area contributed by atoms with Gasteiger partial charge >= 0.3 is 5.76 Å². The summed E-state index contributed by atoms with van der Waals surface area (Å²) in [5, 5.41) is 0. The van der Waals surface area contributed by atoms with Crippen molar-refractivity contribution in [1.82, 2.24) is 4.57 Å². The molecule has 0 aliphatic carbocycles. The molecule has 5 heteroatoms. The normalized spacial score (nSPS) is 11.1. The van der Waals surface area contributed by atoms with Gasteiger partial charge in [0.25, 0.3) is 0 Å². The number of carbonyl (C=O) groups is 2. The van der Waals surface area contributed by atoms with Crippen molar-refractivity contribution < 1.29 is 14.0 Å². The smallest absolute Gasteiger partial charge is 0.407 e. The van der Waals surface area contributed by atoms with Gasteiger partial charge in [-0.2, -0.15) is 0 Å². The summed E-state index contributed by atoms with van der Waals surface area (Å²) in [4.78, 5) is 36.5. The Morgan fingerprint density at radius 3 is 2.35 bits per heavy atom. The number of carbonyl (C=O) groups excluding carboxylic acids is 2. The highest BCUT2D eigenvalue weighted by molar-refractivity contribution is 6.10. The molecule has 3 rings (SSSR count). The summed E-state index contributed by atoms with van der Waals surface area (Å²) in [5.41, 5.74) is 1.55. The number of hydrogen-bond acceptors (Lipinski definition) is 4. The van der Waals surface area contributed by atoms with E-state index in [1.807, 2.05) is 6.07 Å². The lowest BCUT2D eigenvalue weighted by molar-refractivity contribution is 0.0851. The number of hydrogen-bond donors (Lipinski definition) is 0. The Hall–Kier alpha value is -2.95. The predicted octanol–water partition coefficient (Wildman–Crippen LogP) is 3.12. The van der Waals surface area contributed by atoms with Gasteiger partial charge in [0, 0.05) is 17.0 Å². The molecule has 0 fully saturated rings. The van der Waals surface area contributed by atoms with Crippen LogP contribution in [0.3, 0.4) is 0 Å². The van der Waals surface area contributed by atoms with Crippen molar-refractivity contribution >= 4 is 22.8 Å². The Morgan fingerprint density at radius 2 is 1.70 bits per heavy atom. The summed E-state index contributed by atoms with van der Waals surface area (Å²) >= 11 is 0. The monoisotopic (exact) mass is 309 g/mol. The van der Waals surface area contributed by atoms with Crippen LogP contribution in [0.25, 0.3) is 11.1 Å². The standard InChI is InChI=1S/C18H15NO4/c1-11(2)17(21)19-14-9-8-13(10-15(14)23-18(19)22)16(20)12-6-4-3-5-7-12/h3-11H,1-2H3. The van der Waals surface area contributed by atoms with Gasteiger partial charge in [0.2, 0.25) is 5.91 Å². The third-order valence-electron chi connectivity index (χ3n) is 3.59. The van der Waals surface area contributed by atoms with Crippen LogP contribution in [-0.4, -0.2) is 16.3 Å². The van der Waals surface area contributed by atoms with Crippen LogP contribution < -0.4 is 5.76 Å². The second kappa shape index (κ2) is 5.68. The molecule has 0 aliphatic heterocycles. The van der Waals surface area contributed by atoms with Gasteiger partial charge in [0.15, 0.2) is 11.4 Å². The summed E-state index contributed by atoms with van der Waals surface area (Å²) in [5.74, 6) is -1.57. The fourth-order valence-corrected chi connectivity index (χ4v) is 2.38. The van der Waals surface area contributed by atoms with E-state index >= 15 is 0 Å². The number of benzene rings is 2. The van der Waals surface area contributed by atoms with Crippen LogP contribution in [0.5, 0.6) is 0 Å². The van der Waals surface area contributed by atoms with E-state index in [0.29, 0.717) is 16.6 Å². The molecule has 0 spiro atoms. The first-order valence-electron chi connectivity index (χ1n) is 7.28. The van der Waals surface area contributed by atoms with Crippen LogP contribution in [0.15, 0.2) is 57.7 Å². The van der Waals surface area contributed by atoms with Gasteiger partial charge in [0.05, 0.1) is 5.52 Å². The number of fused-ring (bicyclic) bond motifs is 1. The van der Waals surface area contributed by atoms with E-state index in [1.54, 1.807) is 50.2 Å². The van der Waals surface area contributed by atoms with E-state index in [9.17, 15) is 14.4 Å². The van der Waals surface area contributed by atoms with E-state index in [0.717, 1.165) is 4.57 Å². The number of rotatable bonds is 3. The number of aromatic nitrogens is 1. The lowest BCUT2D eigenvalue weighted by Gasteiger charge is -2.04. The summed E-state index contributed by atoms with van der Waals surface area (Å²) in [6.07, 6.45) is 0. The van der Waals surface area contributed by atoms with Crippen molar-refractivity contribution in [2.24, 2.45) is 5.92 Å². The van der Waals surface area contributed by atoms with E-state index in [-0.39, 0.29) is 23.2 Å². The Morgan fingerprint density at radius 1 is 1.00 bits per heavy atom. The SMILES string of the molecule is CC(C)C(=O)n1c(=O)oc2cc(C(=O)c3ccccc3)ccc21. The Kier molecular flexibility index (Phi) is 3.70. The third kappa shape index (κ3) is 2.61. The van der Waals surface area contributed by atoms with Crippen molar-refractivity contribution in [3.63, 3.8) is 0 Å². The Labute approximate surface area is 132 Å². The summed E-state index contributed by atoms with van der Waals surface area (Å²) < 4.78 is 6.14. The first-order chi connectivity index (χ1) is 11.0. The molecule has 3 aromatic rings. The molecular weight excluding hydrogens is 294 g/mol. The summed E-state index contributed by atoms with van der Waals surface area (Å²) in [6, 6.07) is 13.5. The van der Waals surface area contributed by atoms with Crippen LogP contribution in [0.1, 0.15) is 34.6 Å². The number of ketones is 1. The molecule has 23 heavy (non-hydrogen) atoms. The van der Waals surface area contributed by atoms with Crippen LogP contribution in [-0.2, 0) is 0 Å². The molecule has 0 saturated carbocycles. The average molecular weight is 309 g/mol. The van der Waals surface area contributed by atoms with E-state index in [1.165, 1.54) is 6.07 Å². The zero-order valence-electron chi connectivity index (χ0n) is 12.8. The van der Waals surface area contributed by atoms with Gasteiger partial charge in [-0.1, -0.05) is 44.2 Å². The molecule has 1 aromatic heterocycles. The maximum atomic E-state index is 12.4. The highest BCUT2D eigenvalue weighted by Crippen LogP contribution is 2.18. The summed E-state index contributed by atoms with van der Waals surface area (Å²) in [7, 11) is 0. The van der Waals surface area contributed by atoms with E-state index in [2.05, 4.69) is 0 Å². The van der Waals surface area contributed by atoms with Crippen LogP contribution >= 0.6 is 0 Å². The van der Waals surface area contributed by atoms with Crippen molar-refractivity contribution in [3.8, 4) is 0 Å². The van der Waals surface area contributed by atoms with Crippen molar-refractivity contribution in [3.05, 3.63) is 70.2 Å². The first-order valence-corrected chi connectivity index (χ1v) is 7.28. The molecule has 116 valence electrons. The zero-order chi connectivity index (χ0) is 16.6. The fraction of sp³-hybridized carbons (Fsp3) is 0.167. The minimum absolute atomic E-state index is 0.168. The molecule has 0 atom stereocenters. The average Bonchev–Trinajstić information content (AvgIpc) is 2.88. The maximum absolute atomic E-state index is 12.4. The molecule has 0 saturated heterocycles. The highest BCUT2D eigenvalue weighted by atomic mass is 16.4. The maximum Gasteiger partial charge on any atom is 0.426 e. The van der Waals surface area contributed by atoms with Crippen LogP contribution in [0, 0.1) is 5.92 Å². The van der Waals surface area contributed by atoms with Crippen LogP contribution in [0.2, 0.25) is 0 Å². The van der Waals surface area contributed by atoms with Gasteiger partial charge in [-0.25, -0.2) is 9.36 Å². The minimum atomic E-state index is -0.733. The minimum Gasteiger partial charge on any atom is -0.407 e. The van der Waals surface area contributed by atoms with Gasteiger partial charge in [-0.15, -0.1) is 0 Å². The highest BCUT2D eigenvalue weighted by Gasteiger charge is 2.20. The molecule has 5 nitrogen and oxygen atoms in total. The van der Waals surface area contributed by atoms with Gasteiger partial charge in [-0.3, -0.25) is 9.59 Å². The summed E-state index contributed by atoms with van der Waals surface area (Å²) in [6.45, 7) is 3.42. The molecule has 0 amide bonds. The topological polar surface area (TPSA) is 69.3 Å². The molecule has 0 unspecified atom stereocenters. The molecule has 0 radical (unpaired) electrons. The van der Waals surface area contributed by atoms with Gasteiger partial charge < -0.3 is 4.42 Å². The Balaban J connectivity index is 2.10. The lowest BCUT2D eigenvalue weighted by atomic mass is 10.0. The van der Waals surface area contributed by atoms with E-state index in [4.69, 9.17) is 4.42 Å². The molecule has 0 aliphatic rings. The second-order valence-electron chi connectivity index (χ2n) is 5.57. The Bertz CT molecular complexity index is 948. The van der Waals surface area contributed by atoms with Crippen molar-refractivity contribution in [1.29, 1.82) is 0 Å². The van der Waals surface area contributed by atoms with Crippen molar-refractivity contribution in [2.45, 2.75) is 13.8 Å². The fourth-order valence-electron chi connectivity index (χ4n) is 2.38. The van der Waals surface area contributed by atoms with Gasteiger partial charge in [-0.05, 0) is 18.2 Å². The number of oxazole rings is 1. The zero-order valence-corrected chi connectivity index (χ0v) is 12.8. The van der Waals surface area contributed by atoms with Crippen LogP contribution in [0.4, 0.5) is 0 Å². The molecule has 1 heterocycles. The molecule has 2 aromatic carbocycles. The molecule has 0 N–H and O–H groups in total. The largest absolute Gasteiger partial charge is 0.426 e. The predicted molar refractivity (Wildman–Crippen MR) is 85.8 cm³/mol.